The first-order valence-corrected chi connectivity index (χ1v) is 5.30. The van der Waals surface area contributed by atoms with E-state index >= 15 is 0 Å². The second kappa shape index (κ2) is 3.90. The van der Waals surface area contributed by atoms with Gasteiger partial charge in [-0.15, -0.1) is 0 Å². The van der Waals surface area contributed by atoms with Gasteiger partial charge in [0.2, 0.25) is 0 Å². The minimum Gasteiger partial charge on any atom is -0.495 e. The van der Waals surface area contributed by atoms with Crippen LogP contribution in [0.15, 0.2) is 42.9 Å². The van der Waals surface area contributed by atoms with Crippen molar-refractivity contribution in [1.82, 2.24) is 15.0 Å². The maximum Gasteiger partial charge on any atom is 0.139 e. The van der Waals surface area contributed by atoms with Gasteiger partial charge in [0.05, 0.1) is 24.3 Å². The number of hydrogen-bond acceptors (Lipinski definition) is 3. The largest absolute Gasteiger partial charge is 0.495 e. The molecule has 3 aromatic rings. The van der Waals surface area contributed by atoms with Crippen molar-refractivity contribution >= 4 is 11.0 Å². The Hall–Kier alpha value is -2.36. The molecule has 0 aliphatic heterocycles. The smallest absolute Gasteiger partial charge is 0.139 e. The Labute approximate surface area is 98.3 Å². The summed E-state index contributed by atoms with van der Waals surface area (Å²) in [7, 11) is 1.63. The summed E-state index contributed by atoms with van der Waals surface area (Å²) in [6.07, 6.45) is 5.26. The van der Waals surface area contributed by atoms with Crippen molar-refractivity contribution in [3.8, 4) is 17.0 Å². The summed E-state index contributed by atoms with van der Waals surface area (Å²) >= 11 is 0. The Morgan fingerprint density at radius 1 is 1.18 bits per heavy atom. The van der Waals surface area contributed by atoms with Gasteiger partial charge >= 0.3 is 0 Å². The molecule has 3 rings (SSSR count). The fraction of sp³-hybridized carbons (Fsp3) is 0.0769. The van der Waals surface area contributed by atoms with E-state index in [9.17, 15) is 0 Å². The van der Waals surface area contributed by atoms with E-state index in [-0.39, 0.29) is 0 Å². The van der Waals surface area contributed by atoms with Crippen molar-refractivity contribution in [3.05, 3.63) is 42.9 Å². The van der Waals surface area contributed by atoms with E-state index in [1.165, 1.54) is 0 Å². The quantitative estimate of drug-likeness (QED) is 0.729. The van der Waals surface area contributed by atoms with Crippen molar-refractivity contribution in [2.75, 3.05) is 7.11 Å². The maximum absolute atomic E-state index is 5.14. The molecule has 4 nitrogen and oxygen atoms in total. The lowest BCUT2D eigenvalue weighted by Crippen LogP contribution is -1.83. The number of nitrogens with zero attached hydrogens (tertiary/aromatic N) is 2. The van der Waals surface area contributed by atoms with E-state index in [0.717, 1.165) is 28.0 Å². The molecular formula is C13H11N3O. The van der Waals surface area contributed by atoms with Crippen LogP contribution in [0.25, 0.3) is 22.3 Å². The number of pyridine rings is 2. The number of fused-ring (bicyclic) bond motifs is 1. The fourth-order valence-corrected chi connectivity index (χ4v) is 1.79. The van der Waals surface area contributed by atoms with Crippen LogP contribution in [-0.4, -0.2) is 22.1 Å². The van der Waals surface area contributed by atoms with Crippen LogP contribution >= 0.6 is 0 Å². The second-order valence-electron chi connectivity index (χ2n) is 3.73. The van der Waals surface area contributed by atoms with Crippen molar-refractivity contribution in [2.45, 2.75) is 0 Å². The van der Waals surface area contributed by atoms with Crippen LogP contribution in [0.3, 0.4) is 0 Å². The SMILES string of the molecule is COc1cnc2cc(-c3ccncc3)[nH]c2c1. The number of methoxy groups -OCH3 is 1. The van der Waals surface area contributed by atoms with Crippen LogP contribution in [0.5, 0.6) is 5.75 Å². The number of rotatable bonds is 2. The van der Waals surface area contributed by atoms with Crippen molar-refractivity contribution in [1.29, 1.82) is 0 Å². The van der Waals surface area contributed by atoms with E-state index in [4.69, 9.17) is 4.74 Å². The first kappa shape index (κ1) is 9.84. The maximum atomic E-state index is 5.14. The van der Waals surface area contributed by atoms with Crippen LogP contribution in [-0.2, 0) is 0 Å². The standard InChI is InChI=1S/C13H11N3O/c1-17-10-6-13-12(15-8-10)7-11(16-13)9-2-4-14-5-3-9/h2-8,16H,1H3. The van der Waals surface area contributed by atoms with Crippen LogP contribution in [0, 0.1) is 0 Å². The van der Waals surface area contributed by atoms with E-state index < -0.39 is 0 Å². The average molecular weight is 225 g/mol. The summed E-state index contributed by atoms with van der Waals surface area (Å²) in [4.78, 5) is 11.6. The third-order valence-electron chi connectivity index (χ3n) is 2.67. The number of ether oxygens (including phenoxy) is 1. The van der Waals surface area contributed by atoms with Gasteiger partial charge in [-0.1, -0.05) is 0 Å². The second-order valence-corrected chi connectivity index (χ2v) is 3.73. The third kappa shape index (κ3) is 1.73. The minimum absolute atomic E-state index is 0.751. The summed E-state index contributed by atoms with van der Waals surface area (Å²) in [5.74, 6) is 0.751. The van der Waals surface area contributed by atoms with Gasteiger partial charge in [0, 0.05) is 29.7 Å². The Morgan fingerprint density at radius 3 is 2.76 bits per heavy atom. The molecule has 0 saturated heterocycles. The van der Waals surface area contributed by atoms with Gasteiger partial charge < -0.3 is 9.72 Å². The summed E-state index contributed by atoms with van der Waals surface area (Å²) < 4.78 is 5.14. The molecule has 0 aromatic carbocycles. The molecule has 0 unspecified atom stereocenters. The lowest BCUT2D eigenvalue weighted by atomic mass is 10.2. The monoisotopic (exact) mass is 225 g/mol. The Balaban J connectivity index is 2.14. The summed E-state index contributed by atoms with van der Waals surface area (Å²) in [5.41, 5.74) is 4.02. The molecule has 0 aliphatic rings. The highest BCUT2D eigenvalue weighted by molar-refractivity contribution is 5.83. The predicted molar refractivity (Wildman–Crippen MR) is 65.9 cm³/mol. The molecule has 0 radical (unpaired) electrons. The summed E-state index contributed by atoms with van der Waals surface area (Å²) in [6, 6.07) is 7.88. The average Bonchev–Trinajstić information content (AvgIpc) is 2.82. The van der Waals surface area contributed by atoms with Gasteiger partial charge in [0.25, 0.3) is 0 Å². The minimum atomic E-state index is 0.751. The molecule has 1 N–H and O–H groups in total. The highest BCUT2D eigenvalue weighted by Crippen LogP contribution is 2.24. The molecule has 0 saturated carbocycles. The van der Waals surface area contributed by atoms with Crippen LogP contribution in [0.4, 0.5) is 0 Å². The van der Waals surface area contributed by atoms with Gasteiger partial charge in [-0.3, -0.25) is 9.97 Å². The van der Waals surface area contributed by atoms with Gasteiger partial charge in [0.1, 0.15) is 5.75 Å². The van der Waals surface area contributed by atoms with Crippen LogP contribution in [0.1, 0.15) is 0 Å². The van der Waals surface area contributed by atoms with Crippen molar-refractivity contribution in [2.24, 2.45) is 0 Å². The molecule has 0 aliphatic carbocycles. The molecule has 0 amide bonds. The zero-order chi connectivity index (χ0) is 11.7. The van der Waals surface area contributed by atoms with Crippen LogP contribution < -0.4 is 4.74 Å². The molecule has 3 aromatic heterocycles. The molecule has 0 bridgehead atoms. The van der Waals surface area contributed by atoms with Gasteiger partial charge in [-0.25, -0.2) is 0 Å². The van der Waals surface area contributed by atoms with Crippen molar-refractivity contribution in [3.63, 3.8) is 0 Å². The summed E-state index contributed by atoms with van der Waals surface area (Å²) in [6.45, 7) is 0. The van der Waals surface area contributed by atoms with E-state index in [0.29, 0.717) is 0 Å². The van der Waals surface area contributed by atoms with E-state index in [1.54, 1.807) is 25.7 Å². The predicted octanol–water partition coefficient (Wildman–Crippen LogP) is 2.63. The Bertz CT molecular complexity index is 646. The molecule has 17 heavy (non-hydrogen) atoms. The topological polar surface area (TPSA) is 50.8 Å². The first-order valence-electron chi connectivity index (χ1n) is 5.30. The number of hydrogen-bond donors (Lipinski definition) is 1. The molecule has 3 heterocycles. The highest BCUT2D eigenvalue weighted by Gasteiger charge is 2.04. The lowest BCUT2D eigenvalue weighted by molar-refractivity contribution is 0.413. The first-order chi connectivity index (χ1) is 8.36. The molecule has 84 valence electrons. The van der Waals surface area contributed by atoms with Crippen molar-refractivity contribution < 1.29 is 4.74 Å². The third-order valence-corrected chi connectivity index (χ3v) is 2.67. The number of aromatic nitrogens is 3. The molecular weight excluding hydrogens is 214 g/mol. The molecule has 0 spiro atoms. The van der Waals surface area contributed by atoms with E-state index in [1.807, 2.05) is 24.3 Å². The zero-order valence-corrected chi connectivity index (χ0v) is 9.34. The lowest BCUT2D eigenvalue weighted by Gasteiger charge is -1.97. The zero-order valence-electron chi connectivity index (χ0n) is 9.34. The van der Waals surface area contributed by atoms with E-state index in [2.05, 4.69) is 15.0 Å². The number of aromatic amines is 1. The molecule has 4 heteroatoms. The normalized spacial score (nSPS) is 10.6. The Kier molecular flexibility index (Phi) is 2.26. The molecule has 0 fully saturated rings. The van der Waals surface area contributed by atoms with Gasteiger partial charge in [-0.2, -0.15) is 0 Å². The number of nitrogens with one attached hydrogen (secondary N) is 1. The number of H-pyrrole nitrogens is 1. The fourth-order valence-electron chi connectivity index (χ4n) is 1.79. The van der Waals surface area contributed by atoms with Gasteiger partial charge in [0.15, 0.2) is 0 Å². The Morgan fingerprint density at radius 2 is 2.00 bits per heavy atom. The van der Waals surface area contributed by atoms with Gasteiger partial charge in [-0.05, 0) is 18.2 Å². The van der Waals surface area contributed by atoms with Crippen LogP contribution in [0.2, 0.25) is 0 Å². The summed E-state index contributed by atoms with van der Waals surface area (Å²) in [5, 5.41) is 0. The highest BCUT2D eigenvalue weighted by atomic mass is 16.5. The molecule has 0 atom stereocenters.